The first kappa shape index (κ1) is 16.3. The van der Waals surface area contributed by atoms with Crippen molar-refractivity contribution in [2.24, 2.45) is 0 Å². The van der Waals surface area contributed by atoms with E-state index in [1.807, 2.05) is 18.2 Å². The van der Waals surface area contributed by atoms with Crippen molar-refractivity contribution in [3.05, 3.63) is 48.5 Å². The second kappa shape index (κ2) is 6.13. The molecule has 0 spiro atoms. The van der Waals surface area contributed by atoms with E-state index in [1.54, 1.807) is 0 Å². The van der Waals surface area contributed by atoms with E-state index in [9.17, 15) is 0 Å². The van der Waals surface area contributed by atoms with E-state index in [-0.39, 0.29) is 0 Å². The molecule has 1 heterocycles. The van der Waals surface area contributed by atoms with Crippen LogP contribution in [0.2, 0.25) is 0 Å². The lowest BCUT2D eigenvalue weighted by Crippen LogP contribution is -2.22. The van der Waals surface area contributed by atoms with Gasteiger partial charge >= 0.3 is 0 Å². The molecule has 5 heteroatoms. The van der Waals surface area contributed by atoms with Crippen molar-refractivity contribution in [1.82, 2.24) is 9.55 Å². The highest BCUT2D eigenvalue weighted by Gasteiger charge is 2.11. The first-order valence-corrected chi connectivity index (χ1v) is 11.0. The molecule has 0 bridgehead atoms. The van der Waals surface area contributed by atoms with Crippen LogP contribution >= 0.6 is 22.7 Å². The summed E-state index contributed by atoms with van der Waals surface area (Å²) in [6.45, 7) is 0. The van der Waals surface area contributed by atoms with E-state index < -0.39 is 10.0 Å². The summed E-state index contributed by atoms with van der Waals surface area (Å²) in [6, 6.07) is 16.7. The molecule has 0 aliphatic rings. The monoisotopic (exact) mass is 345 g/mol. The van der Waals surface area contributed by atoms with Gasteiger partial charge in [-0.1, -0.05) is 12.1 Å². The second-order valence-corrected chi connectivity index (χ2v) is 11.5. The highest BCUT2D eigenvalue weighted by Crippen LogP contribution is 2.36. The number of thiol groups is 1. The molecule has 0 saturated heterocycles. The van der Waals surface area contributed by atoms with Crippen LogP contribution in [-0.4, -0.2) is 41.2 Å². The van der Waals surface area contributed by atoms with E-state index in [0.717, 1.165) is 22.6 Å². The predicted molar refractivity (Wildman–Crippen MR) is 107 cm³/mol. The van der Waals surface area contributed by atoms with Gasteiger partial charge in [0.2, 0.25) is 0 Å². The summed E-state index contributed by atoms with van der Waals surface area (Å²) in [7, 11) is 1.59. The van der Waals surface area contributed by atoms with Crippen LogP contribution in [0.4, 0.5) is 5.69 Å². The van der Waals surface area contributed by atoms with Gasteiger partial charge < -0.3 is 4.90 Å². The summed E-state index contributed by atoms with van der Waals surface area (Å²) in [5.41, 5.74) is 4.37. The number of benzene rings is 2. The maximum atomic E-state index is 4.54. The van der Waals surface area contributed by atoms with Gasteiger partial charge in [-0.3, -0.25) is 4.57 Å². The summed E-state index contributed by atoms with van der Waals surface area (Å²) >= 11 is 4.54. The zero-order valence-corrected chi connectivity index (χ0v) is 15.7. The van der Waals surface area contributed by atoms with E-state index in [1.165, 1.54) is 5.69 Å². The number of hydrogen-bond donors (Lipinski definition) is 1. The fourth-order valence-corrected chi connectivity index (χ4v) is 4.42. The zero-order valence-electron chi connectivity index (χ0n) is 14.0. The summed E-state index contributed by atoms with van der Waals surface area (Å²) in [5.74, 6) is 1.10. The van der Waals surface area contributed by atoms with Crippen molar-refractivity contribution in [1.29, 1.82) is 0 Å². The number of aromatic nitrogens is 2. The molecule has 3 aromatic rings. The Hall–Kier alpha value is -1.59. The van der Waals surface area contributed by atoms with Crippen molar-refractivity contribution in [3.63, 3.8) is 0 Å². The first-order valence-electron chi connectivity index (χ1n) is 7.49. The molecule has 0 aliphatic carbocycles. The Bertz CT molecular complexity index is 816. The van der Waals surface area contributed by atoms with Gasteiger partial charge in [-0.2, -0.15) is 0 Å². The van der Waals surface area contributed by atoms with Gasteiger partial charge in [-0.25, -0.2) is 15.0 Å². The third-order valence-corrected chi connectivity index (χ3v) is 5.13. The smallest absolute Gasteiger partial charge is 0.170 e. The lowest BCUT2D eigenvalue weighted by molar-refractivity contribution is 0.925. The maximum absolute atomic E-state index is 4.54. The van der Waals surface area contributed by atoms with Crippen LogP contribution < -0.4 is 4.90 Å². The molecule has 0 N–H and O–H groups in total. The molecule has 0 aliphatic heterocycles. The Morgan fingerprint density at radius 3 is 2.35 bits per heavy atom. The summed E-state index contributed by atoms with van der Waals surface area (Å²) < 4.78 is 2.08. The molecule has 23 heavy (non-hydrogen) atoms. The molecule has 3 nitrogen and oxygen atoms in total. The minimum absolute atomic E-state index is 0.562. The predicted octanol–water partition coefficient (Wildman–Crippen LogP) is 4.40. The van der Waals surface area contributed by atoms with Gasteiger partial charge in [0, 0.05) is 24.3 Å². The van der Waals surface area contributed by atoms with Crippen molar-refractivity contribution in [3.8, 4) is 5.69 Å². The number of imidazole rings is 1. The minimum atomic E-state index is -0.562. The van der Waals surface area contributed by atoms with Crippen LogP contribution in [0.5, 0.6) is 0 Å². The van der Waals surface area contributed by atoms with Crippen LogP contribution in [0.3, 0.4) is 0 Å². The van der Waals surface area contributed by atoms with Gasteiger partial charge in [0.25, 0.3) is 0 Å². The van der Waals surface area contributed by atoms with E-state index >= 15 is 0 Å². The van der Waals surface area contributed by atoms with Crippen LogP contribution in [0.15, 0.2) is 53.7 Å². The number of para-hydroxylation sites is 2. The zero-order chi connectivity index (χ0) is 16.6. The molecule has 2 aromatic carbocycles. The van der Waals surface area contributed by atoms with Crippen LogP contribution in [0.25, 0.3) is 16.7 Å². The van der Waals surface area contributed by atoms with Crippen molar-refractivity contribution < 1.29 is 0 Å². The lowest BCUT2D eigenvalue weighted by atomic mass is 10.2. The Balaban J connectivity index is 1.94. The number of hydrogen-bond acceptors (Lipinski definition) is 3. The fourth-order valence-electron chi connectivity index (χ4n) is 2.78. The van der Waals surface area contributed by atoms with Gasteiger partial charge in [0.05, 0.1) is 11.0 Å². The maximum Gasteiger partial charge on any atom is 0.170 e. The highest BCUT2D eigenvalue weighted by molar-refractivity contribution is 8.32. The minimum Gasteiger partial charge on any atom is -0.367 e. The number of rotatable bonds is 4. The molecule has 0 radical (unpaired) electrons. The molecule has 3 rings (SSSR count). The van der Waals surface area contributed by atoms with Crippen molar-refractivity contribution in [2.75, 3.05) is 36.6 Å². The molecule has 0 amide bonds. The van der Waals surface area contributed by atoms with Crippen molar-refractivity contribution >= 4 is 39.4 Å². The number of anilines is 1. The van der Waals surface area contributed by atoms with Crippen LogP contribution in [-0.2, 0) is 0 Å². The largest absolute Gasteiger partial charge is 0.367 e. The molecule has 0 saturated carbocycles. The highest BCUT2D eigenvalue weighted by atomic mass is 32.3. The van der Waals surface area contributed by atoms with Gasteiger partial charge in [-0.15, -0.1) is 12.6 Å². The molecule has 122 valence electrons. The average Bonchev–Trinajstić information content (AvgIpc) is 2.81. The van der Waals surface area contributed by atoms with Crippen LogP contribution in [0, 0.1) is 0 Å². The SMILES string of the molecule is CN(CS(C)(C)C)c1ccc(-n2c(S)nc3ccccc32)cc1. The average molecular weight is 346 g/mol. The van der Waals surface area contributed by atoms with E-state index in [2.05, 4.69) is 83.2 Å². The third kappa shape index (κ3) is 3.51. The quantitative estimate of drug-likeness (QED) is 0.708. The van der Waals surface area contributed by atoms with Gasteiger partial charge in [0.15, 0.2) is 5.16 Å². The topological polar surface area (TPSA) is 21.1 Å². The Labute approximate surface area is 145 Å². The number of fused-ring (bicyclic) bond motifs is 1. The second-order valence-electron chi connectivity index (χ2n) is 6.67. The molecule has 0 fully saturated rings. The Morgan fingerprint density at radius 1 is 1.04 bits per heavy atom. The first-order chi connectivity index (χ1) is 10.8. The summed E-state index contributed by atoms with van der Waals surface area (Å²) in [5, 5.41) is 0.714. The molecule has 1 aromatic heterocycles. The molecule has 0 unspecified atom stereocenters. The molecule has 0 atom stereocenters. The molecular formula is C18H23N3S2. The third-order valence-electron chi connectivity index (χ3n) is 3.67. The summed E-state index contributed by atoms with van der Waals surface area (Å²) in [6.07, 6.45) is 7.01. The number of nitrogens with zero attached hydrogens (tertiary/aromatic N) is 3. The molecular weight excluding hydrogens is 322 g/mol. The van der Waals surface area contributed by atoms with Crippen LogP contribution in [0.1, 0.15) is 0 Å². The van der Waals surface area contributed by atoms with Gasteiger partial charge in [-0.05, 0) is 55.2 Å². The normalized spacial score (nSPS) is 12.6. The van der Waals surface area contributed by atoms with E-state index in [0.29, 0.717) is 5.16 Å². The van der Waals surface area contributed by atoms with Gasteiger partial charge in [0.1, 0.15) is 0 Å². The standard InChI is InChI=1S/C18H23N3S2/c1-20(13-23(2,3)4)14-9-11-15(12-10-14)21-17-8-6-5-7-16(17)19-18(21)22/h5-12H,13H2,1-4H3,(H,19,22). The Morgan fingerprint density at radius 2 is 1.70 bits per heavy atom. The Kier molecular flexibility index (Phi) is 4.34. The van der Waals surface area contributed by atoms with Crippen molar-refractivity contribution in [2.45, 2.75) is 5.16 Å². The summed E-state index contributed by atoms with van der Waals surface area (Å²) in [4.78, 5) is 6.84. The van der Waals surface area contributed by atoms with E-state index in [4.69, 9.17) is 0 Å². The lowest BCUT2D eigenvalue weighted by Gasteiger charge is -2.32. The fraction of sp³-hybridized carbons (Fsp3) is 0.278.